The first-order chi connectivity index (χ1) is 25.5. The van der Waals surface area contributed by atoms with Gasteiger partial charge in [-0.05, 0) is 80.5 Å². The highest BCUT2D eigenvalue weighted by Gasteiger charge is 2.50. The largest absolute Gasteiger partial charge is 0.490 e. The zero-order valence-electron chi connectivity index (χ0n) is 28.4. The van der Waals surface area contributed by atoms with E-state index in [-0.39, 0.29) is 58.8 Å². The second kappa shape index (κ2) is 13.5. The Hall–Kier alpha value is -5.46. The molecule has 0 unspecified atom stereocenters. The number of nitriles is 1. The first-order valence-electron chi connectivity index (χ1n) is 17.6. The molecule has 3 aromatic rings. The topological polar surface area (TPSA) is 183 Å². The maximum Gasteiger partial charge on any atom is 0.269 e. The summed E-state index contributed by atoms with van der Waals surface area (Å²) in [5, 5.41) is 17.4. The molecule has 1 aromatic heterocycles. The molecule has 14 nitrogen and oxygen atoms in total. The molecule has 9 rings (SSSR count). The lowest BCUT2D eigenvalue weighted by molar-refractivity contribution is -0.155. The van der Waals surface area contributed by atoms with Crippen LogP contribution in [0.4, 0.5) is 10.2 Å². The lowest BCUT2D eigenvalue weighted by atomic mass is 9.86. The zero-order chi connectivity index (χ0) is 37.1. The molecular formula is C37H34ClFN8O6. The fourth-order valence-electron chi connectivity index (χ4n) is 8.42. The molecule has 5 aliphatic heterocycles. The molecule has 0 spiro atoms. The van der Waals surface area contributed by atoms with Gasteiger partial charge in [0.05, 0.1) is 27.8 Å². The minimum atomic E-state index is -1.22. The Morgan fingerprint density at radius 3 is 2.36 bits per heavy atom. The van der Waals surface area contributed by atoms with Gasteiger partial charge in [0.25, 0.3) is 23.6 Å². The number of rotatable bonds is 8. The molecule has 6 heterocycles. The Labute approximate surface area is 308 Å². The number of anilines is 1. The van der Waals surface area contributed by atoms with Crippen LogP contribution in [-0.2, 0) is 16.1 Å². The van der Waals surface area contributed by atoms with Gasteiger partial charge in [0.15, 0.2) is 11.5 Å². The number of amides is 5. The lowest BCUT2D eigenvalue weighted by Gasteiger charge is -2.56. The average molecular weight is 741 g/mol. The molecule has 272 valence electrons. The molecule has 16 heteroatoms. The Morgan fingerprint density at radius 1 is 0.943 bits per heavy atom. The number of ether oxygens (including phenoxy) is 1. The highest BCUT2D eigenvalue weighted by atomic mass is 35.5. The van der Waals surface area contributed by atoms with E-state index in [1.165, 1.54) is 23.1 Å². The van der Waals surface area contributed by atoms with Crippen LogP contribution in [0.2, 0.25) is 5.02 Å². The molecule has 6 aliphatic rings. The van der Waals surface area contributed by atoms with E-state index in [0.29, 0.717) is 68.0 Å². The highest BCUT2D eigenvalue weighted by molar-refractivity contribution is 6.31. The van der Waals surface area contributed by atoms with Crippen molar-refractivity contribution < 1.29 is 33.1 Å². The predicted octanol–water partition coefficient (Wildman–Crippen LogP) is 3.21. The highest BCUT2D eigenvalue weighted by Crippen LogP contribution is 2.38. The van der Waals surface area contributed by atoms with Crippen LogP contribution in [0, 0.1) is 17.1 Å². The number of aromatic nitrogens is 2. The summed E-state index contributed by atoms with van der Waals surface area (Å²) in [5.41, 5.74) is 5.79. The van der Waals surface area contributed by atoms with Crippen molar-refractivity contribution in [3.63, 3.8) is 0 Å². The van der Waals surface area contributed by atoms with Crippen molar-refractivity contribution in [1.29, 1.82) is 5.26 Å². The number of piperidine rings is 2. The van der Waals surface area contributed by atoms with E-state index in [1.54, 1.807) is 24.3 Å². The van der Waals surface area contributed by atoms with Crippen LogP contribution >= 0.6 is 11.6 Å². The number of hydrogen-bond donors (Lipinski definition) is 1. The monoisotopic (exact) mass is 740 g/mol. The molecule has 3 atom stereocenters. The molecule has 2 bridgehead atoms. The van der Waals surface area contributed by atoms with Gasteiger partial charge in [-0.25, -0.2) is 4.39 Å². The van der Waals surface area contributed by atoms with E-state index in [9.17, 15) is 24.0 Å². The van der Waals surface area contributed by atoms with E-state index < -0.39 is 41.5 Å². The summed E-state index contributed by atoms with van der Waals surface area (Å²) < 4.78 is 21.7. The van der Waals surface area contributed by atoms with Crippen molar-refractivity contribution in [2.45, 2.75) is 81.8 Å². The molecule has 0 radical (unpaired) electrons. The van der Waals surface area contributed by atoms with Crippen LogP contribution in [0.25, 0.3) is 0 Å². The molecular weight excluding hydrogens is 707 g/mol. The van der Waals surface area contributed by atoms with Crippen molar-refractivity contribution in [2.24, 2.45) is 5.73 Å². The first kappa shape index (κ1) is 34.6. The van der Waals surface area contributed by atoms with Gasteiger partial charge in [-0.1, -0.05) is 11.6 Å². The SMILES string of the molecule is N#Cc1ccc(OC2CCC(N3C(=O)CC[C@@H](N4C(=O)c5cc(CN6[C@@H]7C[C@@H]6CN(c6ccc(C(N)=O)nn6)C7)cc(F)c5C4=O)C3=O)CC2)cc1Cl. The van der Waals surface area contributed by atoms with Gasteiger partial charge in [0, 0.05) is 50.2 Å². The number of hydrogen-bond acceptors (Lipinski definition) is 11. The second-order valence-corrected chi connectivity index (χ2v) is 14.6. The molecule has 2 N–H and O–H groups in total. The quantitative estimate of drug-likeness (QED) is 0.335. The van der Waals surface area contributed by atoms with E-state index in [0.717, 1.165) is 11.3 Å². The van der Waals surface area contributed by atoms with Crippen LogP contribution in [-0.4, -0.2) is 97.8 Å². The van der Waals surface area contributed by atoms with Gasteiger partial charge in [-0.15, -0.1) is 10.2 Å². The van der Waals surface area contributed by atoms with Gasteiger partial charge in [0.2, 0.25) is 5.91 Å². The third kappa shape index (κ3) is 6.15. The number of piperazine rings is 1. The Bertz CT molecular complexity index is 2090. The van der Waals surface area contributed by atoms with Gasteiger partial charge in [-0.2, -0.15) is 5.26 Å². The lowest BCUT2D eigenvalue weighted by Crippen LogP contribution is -2.68. The summed E-state index contributed by atoms with van der Waals surface area (Å²) in [4.78, 5) is 72.1. The first-order valence-corrected chi connectivity index (χ1v) is 17.9. The zero-order valence-corrected chi connectivity index (χ0v) is 29.2. The molecule has 2 aromatic carbocycles. The number of carbonyl (C=O) groups excluding carboxylic acids is 5. The van der Waals surface area contributed by atoms with Gasteiger partial charge in [0.1, 0.15) is 23.7 Å². The van der Waals surface area contributed by atoms with Crippen LogP contribution in [0.15, 0.2) is 42.5 Å². The Balaban J connectivity index is 0.916. The Kier molecular flexibility index (Phi) is 8.82. The third-order valence-electron chi connectivity index (χ3n) is 11.1. The minimum absolute atomic E-state index is 0.0324. The maximum absolute atomic E-state index is 15.7. The summed E-state index contributed by atoms with van der Waals surface area (Å²) in [6.45, 7) is 1.63. The molecule has 1 aliphatic carbocycles. The van der Waals surface area contributed by atoms with E-state index in [4.69, 9.17) is 27.3 Å². The van der Waals surface area contributed by atoms with E-state index >= 15 is 4.39 Å². The minimum Gasteiger partial charge on any atom is -0.490 e. The number of nitrogens with two attached hydrogens (primary N) is 1. The Morgan fingerprint density at radius 2 is 1.70 bits per heavy atom. The van der Waals surface area contributed by atoms with E-state index in [2.05, 4.69) is 20.0 Å². The smallest absolute Gasteiger partial charge is 0.269 e. The van der Waals surface area contributed by atoms with Crippen LogP contribution < -0.4 is 15.4 Å². The van der Waals surface area contributed by atoms with Crippen LogP contribution in [0.1, 0.15) is 87.3 Å². The summed E-state index contributed by atoms with van der Waals surface area (Å²) >= 11 is 6.14. The third-order valence-corrected chi connectivity index (χ3v) is 11.4. The fourth-order valence-corrected chi connectivity index (χ4v) is 8.63. The average Bonchev–Trinajstić information content (AvgIpc) is 3.40. The van der Waals surface area contributed by atoms with Gasteiger partial charge < -0.3 is 15.4 Å². The number of primary amides is 1. The molecule has 1 saturated carbocycles. The number of nitrogens with zero attached hydrogens (tertiary/aromatic N) is 7. The summed E-state index contributed by atoms with van der Waals surface area (Å²) in [6, 6.07) is 11.5. The van der Waals surface area contributed by atoms with Crippen LogP contribution in [0.3, 0.4) is 0 Å². The van der Waals surface area contributed by atoms with Crippen LogP contribution in [0.5, 0.6) is 5.75 Å². The number of carbonyl (C=O) groups is 5. The van der Waals surface area contributed by atoms with E-state index in [1.807, 2.05) is 6.07 Å². The number of fused-ring (bicyclic) bond motifs is 3. The molecule has 53 heavy (non-hydrogen) atoms. The fraction of sp³-hybridized carbons (Fsp3) is 0.405. The number of halogens is 2. The molecule has 5 amide bonds. The standard InChI is InChI=1S/C37H34ClFN8O6/c38-27-14-25(4-1-20(27)15-40)53-24-5-2-21(3-6-24)46-32(48)10-8-30(36(46)51)47-35(50)26-11-19(12-28(39)33(26)37(47)52)16-45-22-13-23(45)18-44(17-22)31-9-7-29(34(41)49)42-43-31/h1,4,7,9,11-12,14,21-24,30H,2-3,5-6,8,10,13,16-18H2,(H2,41,49)/t21?,22-,23-,24?,30-/m1/s1. The van der Waals surface area contributed by atoms with Crippen molar-refractivity contribution in [3.05, 3.63) is 81.3 Å². The summed E-state index contributed by atoms with van der Waals surface area (Å²) in [6.07, 6.45) is 2.68. The van der Waals surface area contributed by atoms with Crippen molar-refractivity contribution in [2.75, 3.05) is 18.0 Å². The van der Waals surface area contributed by atoms with Crippen molar-refractivity contribution >= 4 is 47.0 Å². The van der Waals surface area contributed by atoms with Gasteiger partial charge in [-0.3, -0.25) is 38.7 Å². The molecule has 5 fully saturated rings. The predicted molar refractivity (Wildman–Crippen MR) is 185 cm³/mol. The number of benzene rings is 2. The summed E-state index contributed by atoms with van der Waals surface area (Å²) in [7, 11) is 0. The van der Waals surface area contributed by atoms with Crippen molar-refractivity contribution in [3.8, 4) is 11.8 Å². The normalized spacial score (nSPS) is 25.6. The summed E-state index contributed by atoms with van der Waals surface area (Å²) in [5.74, 6) is -2.96. The number of imide groups is 2. The number of likely N-dealkylation sites (tertiary alicyclic amines) is 1. The van der Waals surface area contributed by atoms with Gasteiger partial charge >= 0.3 is 0 Å². The van der Waals surface area contributed by atoms with Crippen molar-refractivity contribution in [1.82, 2.24) is 24.9 Å². The molecule has 4 saturated heterocycles. The maximum atomic E-state index is 15.7. The second-order valence-electron chi connectivity index (χ2n) is 14.2.